The maximum absolute atomic E-state index is 9.06. The van der Waals surface area contributed by atoms with E-state index < -0.39 is 0 Å². The molecule has 90 valence electrons. The van der Waals surface area contributed by atoms with Gasteiger partial charge >= 0.3 is 0 Å². The molecule has 0 radical (unpaired) electrons. The zero-order valence-electron chi connectivity index (χ0n) is 9.45. The van der Waals surface area contributed by atoms with E-state index in [1.54, 1.807) is 7.11 Å². The molecule has 1 rings (SSSR count). The Balaban J connectivity index is 2.68. The molecule has 0 saturated carbocycles. The van der Waals surface area contributed by atoms with E-state index in [9.17, 15) is 0 Å². The molecule has 16 heavy (non-hydrogen) atoms. The maximum Gasteiger partial charge on any atom is 0.122 e. The molecule has 0 heterocycles. The average molecular weight is 288 g/mol. The SMILES string of the molecule is COc1ccc(Br)cc1CCC(CN)CO. The minimum Gasteiger partial charge on any atom is -0.496 e. The number of aliphatic hydroxyl groups is 1. The van der Waals surface area contributed by atoms with Crippen molar-refractivity contribution < 1.29 is 9.84 Å². The van der Waals surface area contributed by atoms with Crippen LogP contribution in [0.4, 0.5) is 0 Å². The van der Waals surface area contributed by atoms with Crippen LogP contribution in [0, 0.1) is 5.92 Å². The van der Waals surface area contributed by atoms with E-state index in [1.165, 1.54) is 0 Å². The molecule has 1 unspecified atom stereocenters. The molecular formula is C12H18BrNO2. The Kier molecular flexibility index (Phi) is 5.80. The minimum absolute atomic E-state index is 0.146. The molecule has 0 aliphatic heterocycles. The van der Waals surface area contributed by atoms with Gasteiger partial charge in [0.1, 0.15) is 5.75 Å². The van der Waals surface area contributed by atoms with Gasteiger partial charge in [-0.3, -0.25) is 0 Å². The van der Waals surface area contributed by atoms with Gasteiger partial charge in [-0.2, -0.15) is 0 Å². The Morgan fingerprint density at radius 3 is 2.81 bits per heavy atom. The highest BCUT2D eigenvalue weighted by Gasteiger charge is 2.08. The van der Waals surface area contributed by atoms with Gasteiger partial charge in [-0.15, -0.1) is 0 Å². The van der Waals surface area contributed by atoms with Crippen LogP contribution in [0.1, 0.15) is 12.0 Å². The summed E-state index contributed by atoms with van der Waals surface area (Å²) < 4.78 is 6.32. The molecule has 1 aromatic rings. The van der Waals surface area contributed by atoms with Gasteiger partial charge < -0.3 is 15.6 Å². The fourth-order valence-electron chi connectivity index (χ4n) is 1.59. The fourth-order valence-corrected chi connectivity index (χ4v) is 1.99. The third-order valence-electron chi connectivity index (χ3n) is 2.66. The second kappa shape index (κ2) is 6.89. The van der Waals surface area contributed by atoms with Crippen LogP contribution in [0.25, 0.3) is 0 Å². The van der Waals surface area contributed by atoms with Crippen LogP contribution in [0.2, 0.25) is 0 Å². The molecule has 4 heteroatoms. The third kappa shape index (κ3) is 3.77. The Hall–Kier alpha value is -0.580. The highest BCUT2D eigenvalue weighted by atomic mass is 79.9. The number of ether oxygens (including phenoxy) is 1. The number of nitrogens with two attached hydrogens (primary N) is 1. The number of methoxy groups -OCH3 is 1. The Labute approximate surface area is 105 Å². The van der Waals surface area contributed by atoms with Crippen LogP contribution in [0.3, 0.4) is 0 Å². The molecule has 0 aliphatic rings. The van der Waals surface area contributed by atoms with Gasteiger partial charge in [0.15, 0.2) is 0 Å². The monoisotopic (exact) mass is 287 g/mol. The van der Waals surface area contributed by atoms with Crippen molar-refractivity contribution in [2.75, 3.05) is 20.3 Å². The van der Waals surface area contributed by atoms with E-state index in [2.05, 4.69) is 15.9 Å². The first-order chi connectivity index (χ1) is 7.71. The van der Waals surface area contributed by atoms with Crippen LogP contribution < -0.4 is 10.5 Å². The van der Waals surface area contributed by atoms with Crippen LogP contribution >= 0.6 is 15.9 Å². The summed E-state index contributed by atoms with van der Waals surface area (Å²) in [6.45, 7) is 0.666. The lowest BCUT2D eigenvalue weighted by Gasteiger charge is -2.13. The lowest BCUT2D eigenvalue weighted by Crippen LogP contribution is -2.18. The van der Waals surface area contributed by atoms with Crippen molar-refractivity contribution in [2.45, 2.75) is 12.8 Å². The summed E-state index contributed by atoms with van der Waals surface area (Å²) in [6, 6.07) is 5.94. The zero-order valence-corrected chi connectivity index (χ0v) is 11.0. The van der Waals surface area contributed by atoms with E-state index in [0.717, 1.165) is 28.6 Å². The molecule has 0 amide bonds. The summed E-state index contributed by atoms with van der Waals surface area (Å²) in [4.78, 5) is 0. The zero-order chi connectivity index (χ0) is 12.0. The van der Waals surface area contributed by atoms with Gasteiger partial charge in [0.05, 0.1) is 7.11 Å². The van der Waals surface area contributed by atoms with E-state index in [-0.39, 0.29) is 12.5 Å². The molecule has 0 aromatic heterocycles. The molecule has 3 nitrogen and oxygen atoms in total. The molecule has 0 aliphatic carbocycles. The first-order valence-electron chi connectivity index (χ1n) is 5.34. The summed E-state index contributed by atoms with van der Waals surface area (Å²) in [5, 5.41) is 9.06. The number of aliphatic hydroxyl groups excluding tert-OH is 1. The number of benzene rings is 1. The molecule has 0 fully saturated rings. The number of hydrogen-bond acceptors (Lipinski definition) is 3. The maximum atomic E-state index is 9.06. The predicted molar refractivity (Wildman–Crippen MR) is 68.6 cm³/mol. The number of aryl methyl sites for hydroxylation is 1. The van der Waals surface area contributed by atoms with Gasteiger partial charge in [-0.25, -0.2) is 0 Å². The van der Waals surface area contributed by atoms with Gasteiger partial charge in [-0.05, 0) is 49.1 Å². The lowest BCUT2D eigenvalue weighted by molar-refractivity contribution is 0.223. The normalized spacial score (nSPS) is 12.5. The van der Waals surface area contributed by atoms with Gasteiger partial charge in [0.25, 0.3) is 0 Å². The summed E-state index contributed by atoms with van der Waals surface area (Å²) in [5.74, 6) is 1.06. The number of halogens is 1. The van der Waals surface area contributed by atoms with Crippen LogP contribution in [0.5, 0.6) is 5.75 Å². The molecule has 3 N–H and O–H groups in total. The van der Waals surface area contributed by atoms with E-state index >= 15 is 0 Å². The molecule has 1 aromatic carbocycles. The fraction of sp³-hybridized carbons (Fsp3) is 0.500. The highest BCUT2D eigenvalue weighted by Crippen LogP contribution is 2.25. The summed E-state index contributed by atoms with van der Waals surface area (Å²) in [5.41, 5.74) is 6.69. The molecular weight excluding hydrogens is 270 g/mol. The highest BCUT2D eigenvalue weighted by molar-refractivity contribution is 9.10. The second-order valence-corrected chi connectivity index (χ2v) is 4.69. The van der Waals surface area contributed by atoms with E-state index in [1.807, 2.05) is 18.2 Å². The van der Waals surface area contributed by atoms with Gasteiger partial charge in [0, 0.05) is 11.1 Å². The van der Waals surface area contributed by atoms with Crippen molar-refractivity contribution in [1.29, 1.82) is 0 Å². The summed E-state index contributed by atoms with van der Waals surface area (Å²) in [6.07, 6.45) is 1.74. The first kappa shape index (κ1) is 13.5. The van der Waals surface area contributed by atoms with Gasteiger partial charge in [0.2, 0.25) is 0 Å². The van der Waals surface area contributed by atoms with Crippen molar-refractivity contribution in [1.82, 2.24) is 0 Å². The number of hydrogen-bond donors (Lipinski definition) is 2. The van der Waals surface area contributed by atoms with Crippen LogP contribution in [-0.2, 0) is 6.42 Å². The van der Waals surface area contributed by atoms with E-state index in [0.29, 0.717) is 6.54 Å². The average Bonchev–Trinajstić information content (AvgIpc) is 2.30. The molecule has 0 bridgehead atoms. The lowest BCUT2D eigenvalue weighted by atomic mass is 10.00. The summed E-state index contributed by atoms with van der Waals surface area (Å²) >= 11 is 3.44. The topological polar surface area (TPSA) is 55.5 Å². The van der Waals surface area contributed by atoms with Crippen molar-refractivity contribution in [3.8, 4) is 5.75 Å². The molecule has 0 saturated heterocycles. The molecule has 0 spiro atoms. The quantitative estimate of drug-likeness (QED) is 0.841. The van der Waals surface area contributed by atoms with Crippen molar-refractivity contribution >= 4 is 15.9 Å². The van der Waals surface area contributed by atoms with Crippen molar-refractivity contribution in [3.63, 3.8) is 0 Å². The largest absolute Gasteiger partial charge is 0.496 e. The van der Waals surface area contributed by atoms with Gasteiger partial charge in [-0.1, -0.05) is 15.9 Å². The Bertz CT molecular complexity index is 327. The molecule has 1 atom stereocenters. The van der Waals surface area contributed by atoms with Crippen LogP contribution in [-0.4, -0.2) is 25.4 Å². The Morgan fingerprint density at radius 1 is 1.50 bits per heavy atom. The predicted octanol–water partition coefficient (Wildman–Crippen LogP) is 1.96. The van der Waals surface area contributed by atoms with Crippen molar-refractivity contribution in [3.05, 3.63) is 28.2 Å². The Morgan fingerprint density at radius 2 is 2.25 bits per heavy atom. The second-order valence-electron chi connectivity index (χ2n) is 3.78. The smallest absolute Gasteiger partial charge is 0.122 e. The van der Waals surface area contributed by atoms with Crippen molar-refractivity contribution in [2.24, 2.45) is 11.7 Å². The summed E-state index contributed by atoms with van der Waals surface area (Å²) in [7, 11) is 1.67. The van der Waals surface area contributed by atoms with E-state index in [4.69, 9.17) is 15.6 Å². The first-order valence-corrected chi connectivity index (χ1v) is 6.14. The van der Waals surface area contributed by atoms with Crippen LogP contribution in [0.15, 0.2) is 22.7 Å². The third-order valence-corrected chi connectivity index (χ3v) is 3.15. The standard InChI is InChI=1S/C12H18BrNO2/c1-16-12-5-4-11(13)6-10(12)3-2-9(7-14)8-15/h4-6,9,15H,2-3,7-8,14H2,1H3. The minimum atomic E-state index is 0.146. The number of rotatable bonds is 6.